The second-order valence-electron chi connectivity index (χ2n) is 6.76. The van der Waals surface area contributed by atoms with Crippen LogP contribution < -0.4 is 5.32 Å². The molecule has 1 aliphatic carbocycles. The number of benzene rings is 1. The van der Waals surface area contributed by atoms with Crippen molar-refractivity contribution in [1.29, 1.82) is 0 Å². The van der Waals surface area contributed by atoms with E-state index >= 15 is 0 Å². The van der Waals surface area contributed by atoms with Gasteiger partial charge in [-0.05, 0) is 36.3 Å². The number of nitrogens with one attached hydrogen (secondary N) is 1. The average Bonchev–Trinajstić information content (AvgIpc) is 3.09. The maximum absolute atomic E-state index is 10.5. The van der Waals surface area contributed by atoms with Gasteiger partial charge in [0.15, 0.2) is 0 Å². The molecule has 18 heavy (non-hydrogen) atoms. The Labute approximate surface area is 110 Å². The van der Waals surface area contributed by atoms with Crippen LogP contribution in [0.4, 0.5) is 0 Å². The van der Waals surface area contributed by atoms with Crippen molar-refractivity contribution in [2.45, 2.75) is 57.6 Å². The largest absolute Gasteiger partial charge is 0.384 e. The van der Waals surface area contributed by atoms with Gasteiger partial charge in [0, 0.05) is 12.6 Å². The lowest BCUT2D eigenvalue weighted by Crippen LogP contribution is -2.36. The summed E-state index contributed by atoms with van der Waals surface area (Å²) < 4.78 is 0. The van der Waals surface area contributed by atoms with E-state index in [4.69, 9.17) is 0 Å². The van der Waals surface area contributed by atoms with Crippen LogP contribution in [0.2, 0.25) is 0 Å². The molecule has 1 aliphatic rings. The summed E-state index contributed by atoms with van der Waals surface area (Å²) in [5.41, 5.74) is 1.68. The van der Waals surface area contributed by atoms with E-state index in [2.05, 4.69) is 50.4 Å². The lowest BCUT2D eigenvalue weighted by atomic mass is 9.85. The normalized spacial score (nSPS) is 19.6. The fourth-order valence-electron chi connectivity index (χ4n) is 2.06. The molecule has 1 unspecified atom stereocenters. The van der Waals surface area contributed by atoms with Crippen LogP contribution in [0, 0.1) is 0 Å². The maximum atomic E-state index is 10.5. The minimum Gasteiger partial charge on any atom is -0.384 e. The Morgan fingerprint density at radius 1 is 1.06 bits per heavy atom. The first kappa shape index (κ1) is 13.6. The Balaban J connectivity index is 2.07. The first-order chi connectivity index (χ1) is 8.29. The maximum Gasteiger partial charge on any atom is 0.0992 e. The number of rotatable bonds is 4. The molecular weight excluding hydrogens is 222 g/mol. The van der Waals surface area contributed by atoms with Crippen LogP contribution in [0.3, 0.4) is 0 Å². The Hall–Kier alpha value is -0.860. The summed E-state index contributed by atoms with van der Waals surface area (Å²) in [5, 5.41) is 13.9. The van der Waals surface area contributed by atoms with E-state index in [1.165, 1.54) is 18.4 Å². The summed E-state index contributed by atoms with van der Waals surface area (Å²) in [5.74, 6) is 0. The topological polar surface area (TPSA) is 32.3 Å². The first-order valence-corrected chi connectivity index (χ1v) is 6.86. The molecule has 0 heterocycles. The van der Waals surface area contributed by atoms with Gasteiger partial charge in [-0.2, -0.15) is 0 Å². The molecule has 2 nitrogen and oxygen atoms in total. The molecule has 2 heteroatoms. The minimum absolute atomic E-state index is 0.163. The van der Waals surface area contributed by atoms with Crippen molar-refractivity contribution >= 4 is 0 Å². The molecule has 2 N–H and O–H groups in total. The van der Waals surface area contributed by atoms with Gasteiger partial charge in [-0.25, -0.2) is 0 Å². The third kappa shape index (κ3) is 3.33. The van der Waals surface area contributed by atoms with Gasteiger partial charge in [-0.1, -0.05) is 45.0 Å². The molecular formula is C16H25NO. The molecule has 0 aromatic heterocycles. The summed E-state index contributed by atoms with van der Waals surface area (Å²) >= 11 is 0. The van der Waals surface area contributed by atoms with E-state index in [0.717, 1.165) is 5.56 Å². The highest BCUT2D eigenvalue weighted by Gasteiger charge is 2.28. The predicted molar refractivity (Wildman–Crippen MR) is 75.7 cm³/mol. The lowest BCUT2D eigenvalue weighted by molar-refractivity contribution is 0.0565. The molecule has 2 rings (SSSR count). The smallest absolute Gasteiger partial charge is 0.0992 e. The van der Waals surface area contributed by atoms with Gasteiger partial charge in [0.1, 0.15) is 0 Å². The minimum atomic E-state index is -0.779. The summed E-state index contributed by atoms with van der Waals surface area (Å²) in [6.45, 7) is 9.12. The van der Waals surface area contributed by atoms with Gasteiger partial charge >= 0.3 is 0 Å². The zero-order valence-corrected chi connectivity index (χ0v) is 12.0. The van der Waals surface area contributed by atoms with Crippen molar-refractivity contribution < 1.29 is 5.11 Å². The Morgan fingerprint density at radius 2 is 1.56 bits per heavy atom. The van der Waals surface area contributed by atoms with E-state index in [0.29, 0.717) is 12.6 Å². The van der Waals surface area contributed by atoms with Crippen LogP contribution in [0.25, 0.3) is 0 Å². The van der Waals surface area contributed by atoms with Crippen LogP contribution in [0.1, 0.15) is 51.7 Å². The number of hydrogen-bond acceptors (Lipinski definition) is 2. The van der Waals surface area contributed by atoms with Crippen molar-refractivity contribution in [3.63, 3.8) is 0 Å². The lowest BCUT2D eigenvalue weighted by Gasteiger charge is -2.26. The zero-order valence-electron chi connectivity index (χ0n) is 12.0. The van der Waals surface area contributed by atoms with Crippen LogP contribution in [0.5, 0.6) is 0 Å². The molecule has 0 radical (unpaired) electrons. The molecule has 1 atom stereocenters. The van der Waals surface area contributed by atoms with Gasteiger partial charge in [0.2, 0.25) is 0 Å². The standard InChI is InChI=1S/C16H25NO/c1-15(2,3)12-5-7-13(8-6-12)16(4,18)11-17-14-9-10-14/h5-8,14,17-18H,9-11H2,1-4H3. The third-order valence-electron chi connectivity index (χ3n) is 3.69. The molecule has 1 fully saturated rings. The molecule has 0 spiro atoms. The third-order valence-corrected chi connectivity index (χ3v) is 3.69. The van der Waals surface area contributed by atoms with E-state index in [9.17, 15) is 5.11 Å². The fourth-order valence-corrected chi connectivity index (χ4v) is 2.06. The van der Waals surface area contributed by atoms with Crippen LogP contribution >= 0.6 is 0 Å². The van der Waals surface area contributed by atoms with E-state index < -0.39 is 5.60 Å². The highest BCUT2D eigenvalue weighted by atomic mass is 16.3. The second-order valence-corrected chi connectivity index (χ2v) is 6.76. The number of hydrogen-bond donors (Lipinski definition) is 2. The first-order valence-electron chi connectivity index (χ1n) is 6.86. The van der Waals surface area contributed by atoms with Gasteiger partial charge in [0.05, 0.1) is 5.60 Å². The van der Waals surface area contributed by atoms with Gasteiger partial charge < -0.3 is 10.4 Å². The predicted octanol–water partition coefficient (Wildman–Crippen LogP) is 2.94. The monoisotopic (exact) mass is 247 g/mol. The Bertz CT molecular complexity index is 396. The zero-order chi connectivity index (χ0) is 13.4. The molecule has 0 aliphatic heterocycles. The summed E-state index contributed by atoms with van der Waals surface area (Å²) in [7, 11) is 0. The highest BCUT2D eigenvalue weighted by molar-refractivity contribution is 5.30. The quantitative estimate of drug-likeness (QED) is 0.857. The average molecular weight is 247 g/mol. The Kier molecular flexibility index (Phi) is 3.52. The van der Waals surface area contributed by atoms with E-state index in [1.54, 1.807) is 0 Å². The van der Waals surface area contributed by atoms with E-state index in [1.807, 2.05) is 6.92 Å². The highest BCUT2D eigenvalue weighted by Crippen LogP contribution is 2.27. The van der Waals surface area contributed by atoms with Gasteiger partial charge in [-0.3, -0.25) is 0 Å². The van der Waals surface area contributed by atoms with E-state index in [-0.39, 0.29) is 5.41 Å². The molecule has 1 aromatic carbocycles. The van der Waals surface area contributed by atoms with Crippen molar-refractivity contribution in [1.82, 2.24) is 5.32 Å². The summed E-state index contributed by atoms with van der Waals surface area (Å²) in [6, 6.07) is 8.98. The summed E-state index contributed by atoms with van der Waals surface area (Å²) in [4.78, 5) is 0. The number of aliphatic hydroxyl groups is 1. The Morgan fingerprint density at radius 3 is 2.00 bits per heavy atom. The van der Waals surface area contributed by atoms with Crippen LogP contribution in [0.15, 0.2) is 24.3 Å². The van der Waals surface area contributed by atoms with Gasteiger partial charge in [-0.15, -0.1) is 0 Å². The van der Waals surface area contributed by atoms with Crippen molar-refractivity contribution in [3.8, 4) is 0 Å². The molecule has 100 valence electrons. The molecule has 0 bridgehead atoms. The summed E-state index contributed by atoms with van der Waals surface area (Å²) in [6.07, 6.45) is 2.50. The molecule has 1 saturated carbocycles. The van der Waals surface area contributed by atoms with Gasteiger partial charge in [0.25, 0.3) is 0 Å². The molecule has 0 amide bonds. The second kappa shape index (κ2) is 4.67. The van der Waals surface area contributed by atoms with Crippen LogP contribution in [-0.2, 0) is 11.0 Å². The van der Waals surface area contributed by atoms with Crippen LogP contribution in [-0.4, -0.2) is 17.7 Å². The SMILES string of the molecule is CC(C)(C)c1ccc(C(C)(O)CNC2CC2)cc1. The fraction of sp³-hybridized carbons (Fsp3) is 0.625. The molecule has 0 saturated heterocycles. The van der Waals surface area contributed by atoms with Crippen molar-refractivity contribution in [2.75, 3.05) is 6.54 Å². The van der Waals surface area contributed by atoms with Crippen molar-refractivity contribution in [3.05, 3.63) is 35.4 Å². The molecule has 1 aromatic rings. The van der Waals surface area contributed by atoms with Crippen molar-refractivity contribution in [2.24, 2.45) is 0 Å².